The highest BCUT2D eigenvalue weighted by Gasteiger charge is 2.29. The Morgan fingerprint density at radius 1 is 1.26 bits per heavy atom. The summed E-state index contributed by atoms with van der Waals surface area (Å²) in [5, 5.41) is 16.6. The maximum absolute atomic E-state index is 10.5. The molecule has 1 N–H and O–H groups in total. The van der Waals surface area contributed by atoms with Crippen LogP contribution in [0.4, 0.5) is 0 Å². The van der Waals surface area contributed by atoms with Crippen molar-refractivity contribution in [1.82, 2.24) is 10.2 Å². The van der Waals surface area contributed by atoms with Crippen molar-refractivity contribution in [2.45, 2.75) is 32.1 Å². The largest absolute Gasteiger partial charge is 0.481 e. The molecule has 0 unspecified atom stereocenters. The van der Waals surface area contributed by atoms with Gasteiger partial charge in [-0.2, -0.15) is 0 Å². The molecule has 1 heterocycles. The molecule has 0 atom stereocenters. The van der Waals surface area contributed by atoms with Gasteiger partial charge in [-0.05, 0) is 19.4 Å². The molecule has 0 radical (unpaired) electrons. The molecule has 0 bridgehead atoms. The molecule has 5 nitrogen and oxygen atoms in total. The third-order valence-electron chi connectivity index (χ3n) is 3.05. The molecule has 0 spiro atoms. The Labute approximate surface area is 111 Å². The van der Waals surface area contributed by atoms with E-state index in [0.29, 0.717) is 11.8 Å². The molecule has 0 saturated heterocycles. The first-order valence-electron chi connectivity index (χ1n) is 6.10. The number of aryl methyl sites for hydroxylation is 1. The molecule has 0 aliphatic heterocycles. The van der Waals surface area contributed by atoms with E-state index in [9.17, 15) is 4.79 Å². The van der Waals surface area contributed by atoms with Gasteiger partial charge in [0.2, 0.25) is 11.8 Å². The van der Waals surface area contributed by atoms with Crippen molar-refractivity contribution in [3.05, 3.63) is 47.7 Å². The quantitative estimate of drug-likeness (QED) is 0.893. The van der Waals surface area contributed by atoms with E-state index >= 15 is 0 Å². The van der Waals surface area contributed by atoms with Crippen molar-refractivity contribution in [3.63, 3.8) is 0 Å². The molecule has 1 aromatic carbocycles. The van der Waals surface area contributed by atoms with Crippen LogP contribution in [0, 0.1) is 0 Å². The standard InChI is InChI=1S/C14H16N2O3/c1-14(2,10-6-4-3-5-7-10)13-16-15-11(19-13)8-9-12(17)18/h3-7H,8-9H2,1-2H3,(H,17,18). The zero-order valence-electron chi connectivity index (χ0n) is 11.0. The van der Waals surface area contributed by atoms with E-state index in [1.807, 2.05) is 44.2 Å². The Kier molecular flexibility index (Phi) is 3.64. The number of benzene rings is 1. The number of hydrogen-bond acceptors (Lipinski definition) is 4. The number of carboxylic acid groups (broad SMARTS) is 1. The van der Waals surface area contributed by atoms with Gasteiger partial charge in [0.15, 0.2) is 0 Å². The van der Waals surface area contributed by atoms with Crippen LogP contribution in [0.2, 0.25) is 0 Å². The topological polar surface area (TPSA) is 76.2 Å². The van der Waals surface area contributed by atoms with Gasteiger partial charge in [0.25, 0.3) is 0 Å². The number of nitrogens with zero attached hydrogens (tertiary/aromatic N) is 2. The van der Waals surface area contributed by atoms with Gasteiger partial charge in [0.05, 0.1) is 11.8 Å². The smallest absolute Gasteiger partial charge is 0.303 e. The predicted molar refractivity (Wildman–Crippen MR) is 68.8 cm³/mol. The van der Waals surface area contributed by atoms with Crippen molar-refractivity contribution >= 4 is 5.97 Å². The number of rotatable bonds is 5. The maximum Gasteiger partial charge on any atom is 0.303 e. The number of hydrogen-bond donors (Lipinski definition) is 1. The highest BCUT2D eigenvalue weighted by atomic mass is 16.4. The highest BCUT2D eigenvalue weighted by molar-refractivity contribution is 5.66. The van der Waals surface area contributed by atoms with Gasteiger partial charge in [-0.15, -0.1) is 10.2 Å². The van der Waals surface area contributed by atoms with Crippen molar-refractivity contribution in [2.75, 3.05) is 0 Å². The van der Waals surface area contributed by atoms with Crippen LogP contribution in [0.5, 0.6) is 0 Å². The second-order valence-corrected chi connectivity index (χ2v) is 4.89. The fourth-order valence-corrected chi connectivity index (χ4v) is 1.80. The van der Waals surface area contributed by atoms with Crippen LogP contribution >= 0.6 is 0 Å². The SMILES string of the molecule is CC(C)(c1ccccc1)c1nnc(CCC(=O)O)o1. The Bertz CT molecular complexity index is 561. The molecular weight excluding hydrogens is 244 g/mol. The molecule has 19 heavy (non-hydrogen) atoms. The summed E-state index contributed by atoms with van der Waals surface area (Å²) in [5.41, 5.74) is 0.680. The van der Waals surface area contributed by atoms with Gasteiger partial charge in [-0.3, -0.25) is 4.79 Å². The fraction of sp³-hybridized carbons (Fsp3) is 0.357. The lowest BCUT2D eigenvalue weighted by Crippen LogP contribution is -2.19. The molecule has 2 rings (SSSR count). The first kappa shape index (κ1) is 13.3. The number of carboxylic acids is 1. The Balaban J connectivity index is 2.20. The number of carbonyl (C=O) groups is 1. The van der Waals surface area contributed by atoms with Crippen LogP contribution in [0.3, 0.4) is 0 Å². The summed E-state index contributed by atoms with van der Waals surface area (Å²) in [5.74, 6) is -0.0115. The number of aromatic nitrogens is 2. The summed E-state index contributed by atoms with van der Waals surface area (Å²) < 4.78 is 5.57. The monoisotopic (exact) mass is 260 g/mol. The second kappa shape index (κ2) is 5.22. The summed E-state index contributed by atoms with van der Waals surface area (Å²) >= 11 is 0. The zero-order valence-corrected chi connectivity index (χ0v) is 11.0. The molecular formula is C14H16N2O3. The van der Waals surface area contributed by atoms with E-state index in [1.54, 1.807) is 0 Å². The Hall–Kier alpha value is -2.17. The minimum atomic E-state index is -0.873. The van der Waals surface area contributed by atoms with Crippen LogP contribution in [0.25, 0.3) is 0 Å². The predicted octanol–water partition coefficient (Wildman–Crippen LogP) is 2.41. The van der Waals surface area contributed by atoms with E-state index < -0.39 is 11.4 Å². The molecule has 100 valence electrons. The molecule has 0 fully saturated rings. The van der Waals surface area contributed by atoms with E-state index in [1.165, 1.54) is 0 Å². The van der Waals surface area contributed by atoms with E-state index in [0.717, 1.165) is 5.56 Å². The van der Waals surface area contributed by atoms with E-state index in [-0.39, 0.29) is 12.8 Å². The third-order valence-corrected chi connectivity index (χ3v) is 3.05. The van der Waals surface area contributed by atoms with E-state index in [2.05, 4.69) is 10.2 Å². The third kappa shape index (κ3) is 2.99. The summed E-state index contributed by atoms with van der Waals surface area (Å²) in [7, 11) is 0. The van der Waals surface area contributed by atoms with Gasteiger partial charge in [0.1, 0.15) is 0 Å². The first-order chi connectivity index (χ1) is 9.00. The van der Waals surface area contributed by atoms with Gasteiger partial charge in [0, 0.05) is 6.42 Å². The van der Waals surface area contributed by atoms with Crippen LogP contribution in [-0.2, 0) is 16.6 Å². The Morgan fingerprint density at radius 2 is 1.95 bits per heavy atom. The van der Waals surface area contributed by atoms with Gasteiger partial charge in [-0.25, -0.2) is 0 Å². The molecule has 0 saturated carbocycles. The van der Waals surface area contributed by atoms with Crippen molar-refractivity contribution < 1.29 is 14.3 Å². The molecule has 2 aromatic rings. The van der Waals surface area contributed by atoms with Gasteiger partial charge < -0.3 is 9.52 Å². The van der Waals surface area contributed by atoms with Crippen molar-refractivity contribution in [1.29, 1.82) is 0 Å². The second-order valence-electron chi connectivity index (χ2n) is 4.89. The van der Waals surface area contributed by atoms with Crippen LogP contribution in [-0.4, -0.2) is 21.3 Å². The first-order valence-corrected chi connectivity index (χ1v) is 6.10. The van der Waals surface area contributed by atoms with Crippen LogP contribution in [0.15, 0.2) is 34.7 Å². The van der Waals surface area contributed by atoms with Gasteiger partial charge >= 0.3 is 5.97 Å². The fourth-order valence-electron chi connectivity index (χ4n) is 1.80. The van der Waals surface area contributed by atoms with Crippen molar-refractivity contribution in [3.8, 4) is 0 Å². The summed E-state index contributed by atoms with van der Waals surface area (Å²) in [4.78, 5) is 10.5. The zero-order chi connectivity index (χ0) is 13.9. The lowest BCUT2D eigenvalue weighted by atomic mass is 9.85. The maximum atomic E-state index is 10.5. The molecule has 0 aliphatic rings. The normalized spacial score (nSPS) is 11.5. The average molecular weight is 260 g/mol. The summed E-state index contributed by atoms with van der Waals surface area (Å²) in [6.45, 7) is 3.99. The number of aliphatic carboxylic acids is 1. The molecule has 0 aliphatic carbocycles. The summed E-state index contributed by atoms with van der Waals surface area (Å²) in [6, 6.07) is 9.87. The van der Waals surface area contributed by atoms with E-state index in [4.69, 9.17) is 9.52 Å². The molecule has 1 aromatic heterocycles. The molecule has 5 heteroatoms. The van der Waals surface area contributed by atoms with Crippen LogP contribution in [0.1, 0.15) is 37.6 Å². The lowest BCUT2D eigenvalue weighted by Gasteiger charge is -2.20. The minimum absolute atomic E-state index is 0.00655. The van der Waals surface area contributed by atoms with Crippen molar-refractivity contribution in [2.24, 2.45) is 0 Å². The average Bonchev–Trinajstić information content (AvgIpc) is 2.87. The van der Waals surface area contributed by atoms with Gasteiger partial charge in [-0.1, -0.05) is 30.3 Å². The minimum Gasteiger partial charge on any atom is -0.481 e. The highest BCUT2D eigenvalue weighted by Crippen LogP contribution is 2.30. The Morgan fingerprint density at radius 3 is 2.58 bits per heavy atom. The lowest BCUT2D eigenvalue weighted by molar-refractivity contribution is -0.137. The van der Waals surface area contributed by atoms with Crippen LogP contribution < -0.4 is 0 Å². The summed E-state index contributed by atoms with van der Waals surface area (Å²) in [6.07, 6.45) is 0.251. The molecule has 0 amide bonds.